The number of rotatable bonds is 4. The molecule has 0 bridgehead atoms. The predicted octanol–water partition coefficient (Wildman–Crippen LogP) is 1.29. The molecule has 0 heterocycles. The lowest BCUT2D eigenvalue weighted by molar-refractivity contribution is 0.471. The molecule has 0 spiro atoms. The molecule has 0 saturated heterocycles. The highest BCUT2D eigenvalue weighted by Gasteiger charge is 2.12. The minimum absolute atomic E-state index is 0.0949. The van der Waals surface area contributed by atoms with Crippen molar-refractivity contribution in [3.8, 4) is 0 Å². The molecule has 1 unspecified atom stereocenters. The first-order chi connectivity index (χ1) is 4.81. The molecule has 11 heavy (non-hydrogen) atoms. The Labute approximate surface area is 72.6 Å². The molecule has 0 aliphatic carbocycles. The van der Waals surface area contributed by atoms with Crippen LogP contribution in [0, 0.1) is 5.92 Å². The highest BCUT2D eigenvalue weighted by molar-refractivity contribution is 7.85. The molecule has 3 nitrogen and oxygen atoms in total. The van der Waals surface area contributed by atoms with Crippen LogP contribution in [-0.4, -0.2) is 23.6 Å². The lowest BCUT2D eigenvalue weighted by Gasteiger charge is -2.06. The fourth-order valence-corrected chi connectivity index (χ4v) is 2.03. The summed E-state index contributed by atoms with van der Waals surface area (Å²) in [5.74, 6) is -0.302. The zero-order valence-electron chi connectivity index (χ0n) is 6.57. The van der Waals surface area contributed by atoms with Crippen molar-refractivity contribution in [2.45, 2.75) is 20.3 Å². The zero-order chi connectivity index (χ0) is 9.07. The summed E-state index contributed by atoms with van der Waals surface area (Å²) in [4.78, 5) is 0.765. The molecule has 1 N–H and O–H groups in total. The van der Waals surface area contributed by atoms with Crippen LogP contribution in [0.25, 0.3) is 0 Å². The SMILES string of the molecule is CC(=S)CC(C)CS(=O)(=O)O. The maximum atomic E-state index is 10.3. The Morgan fingerprint density at radius 3 is 2.36 bits per heavy atom. The summed E-state index contributed by atoms with van der Waals surface area (Å²) >= 11 is 4.78. The van der Waals surface area contributed by atoms with Gasteiger partial charge in [-0.3, -0.25) is 4.55 Å². The summed E-state index contributed by atoms with van der Waals surface area (Å²) in [6.45, 7) is 3.50. The van der Waals surface area contributed by atoms with Gasteiger partial charge in [-0.25, -0.2) is 0 Å². The van der Waals surface area contributed by atoms with E-state index in [1.54, 1.807) is 13.8 Å². The maximum absolute atomic E-state index is 10.3. The normalized spacial score (nSPS) is 14.5. The molecule has 0 aliphatic rings. The van der Waals surface area contributed by atoms with Crippen LogP contribution in [-0.2, 0) is 10.1 Å². The van der Waals surface area contributed by atoms with E-state index in [0.717, 1.165) is 4.86 Å². The second-order valence-electron chi connectivity index (χ2n) is 2.76. The van der Waals surface area contributed by atoms with E-state index < -0.39 is 10.1 Å². The van der Waals surface area contributed by atoms with Crippen molar-refractivity contribution in [1.29, 1.82) is 0 Å². The number of hydrogen-bond acceptors (Lipinski definition) is 3. The standard InChI is InChI=1S/C6H12O3S2/c1-5(3-6(2)10)4-11(7,8)9/h5H,3-4H2,1-2H3,(H,7,8,9). The summed E-state index contributed by atoms with van der Waals surface area (Å²) < 4.78 is 29.1. The zero-order valence-corrected chi connectivity index (χ0v) is 8.20. The summed E-state index contributed by atoms with van der Waals surface area (Å²) in [5, 5.41) is 0. The third kappa shape index (κ3) is 7.90. The predicted molar refractivity (Wildman–Crippen MR) is 48.5 cm³/mol. The first-order valence-electron chi connectivity index (χ1n) is 3.26. The van der Waals surface area contributed by atoms with Gasteiger partial charge in [0.1, 0.15) is 0 Å². The molecule has 0 rings (SSSR count). The van der Waals surface area contributed by atoms with Gasteiger partial charge in [-0.2, -0.15) is 8.42 Å². The lowest BCUT2D eigenvalue weighted by Crippen LogP contribution is -2.14. The van der Waals surface area contributed by atoms with Gasteiger partial charge in [-0.1, -0.05) is 19.1 Å². The highest BCUT2D eigenvalue weighted by Crippen LogP contribution is 2.06. The molecule has 0 radical (unpaired) electrons. The molecule has 0 fully saturated rings. The van der Waals surface area contributed by atoms with Crippen LogP contribution in [0.5, 0.6) is 0 Å². The third-order valence-electron chi connectivity index (χ3n) is 1.13. The van der Waals surface area contributed by atoms with Crippen LogP contribution in [0.15, 0.2) is 0 Å². The topological polar surface area (TPSA) is 54.4 Å². The maximum Gasteiger partial charge on any atom is 0.265 e. The van der Waals surface area contributed by atoms with Crippen molar-refractivity contribution in [3.05, 3.63) is 0 Å². The van der Waals surface area contributed by atoms with Gasteiger partial charge >= 0.3 is 0 Å². The fraction of sp³-hybridized carbons (Fsp3) is 0.833. The summed E-state index contributed by atoms with van der Waals surface area (Å²) in [7, 11) is -3.83. The minimum atomic E-state index is -3.83. The molecule has 0 aromatic heterocycles. The van der Waals surface area contributed by atoms with Crippen LogP contribution >= 0.6 is 12.2 Å². The van der Waals surface area contributed by atoms with E-state index >= 15 is 0 Å². The molecule has 66 valence electrons. The molecule has 0 amide bonds. The van der Waals surface area contributed by atoms with Gasteiger partial charge in [-0.05, 0) is 24.1 Å². The van der Waals surface area contributed by atoms with Gasteiger partial charge in [0.05, 0.1) is 5.75 Å². The minimum Gasteiger partial charge on any atom is -0.286 e. The smallest absolute Gasteiger partial charge is 0.265 e. The van der Waals surface area contributed by atoms with E-state index in [1.807, 2.05) is 0 Å². The molecule has 1 atom stereocenters. The molecule has 0 saturated carbocycles. The second kappa shape index (κ2) is 4.13. The first-order valence-corrected chi connectivity index (χ1v) is 5.27. The molecule has 0 aromatic carbocycles. The Bertz CT molecular complexity index is 230. The number of thiocarbonyl (C=S) groups is 1. The van der Waals surface area contributed by atoms with Gasteiger partial charge < -0.3 is 0 Å². The number of hydrogen-bond donors (Lipinski definition) is 1. The van der Waals surface area contributed by atoms with Crippen LogP contribution in [0.1, 0.15) is 20.3 Å². The Kier molecular flexibility index (Phi) is 4.13. The third-order valence-corrected chi connectivity index (χ3v) is 2.29. The summed E-state index contributed by atoms with van der Waals surface area (Å²) in [5.41, 5.74) is 0. The molecule has 0 aromatic rings. The quantitative estimate of drug-likeness (QED) is 0.544. The van der Waals surface area contributed by atoms with Crippen molar-refractivity contribution >= 4 is 27.2 Å². The van der Waals surface area contributed by atoms with Crippen molar-refractivity contribution in [2.24, 2.45) is 5.92 Å². The monoisotopic (exact) mass is 196 g/mol. The van der Waals surface area contributed by atoms with E-state index in [1.165, 1.54) is 0 Å². The fourth-order valence-electron chi connectivity index (χ4n) is 0.909. The van der Waals surface area contributed by atoms with E-state index in [4.69, 9.17) is 16.8 Å². The van der Waals surface area contributed by atoms with E-state index in [0.29, 0.717) is 6.42 Å². The van der Waals surface area contributed by atoms with Gasteiger partial charge in [0, 0.05) is 0 Å². The average molecular weight is 196 g/mol. The highest BCUT2D eigenvalue weighted by atomic mass is 32.2. The summed E-state index contributed by atoms with van der Waals surface area (Å²) in [6.07, 6.45) is 0.565. The Morgan fingerprint density at radius 2 is 2.09 bits per heavy atom. The molecular formula is C6H12O3S2. The van der Waals surface area contributed by atoms with Gasteiger partial charge in [-0.15, -0.1) is 0 Å². The van der Waals surface area contributed by atoms with E-state index in [2.05, 4.69) is 0 Å². The van der Waals surface area contributed by atoms with Crippen LogP contribution in [0.2, 0.25) is 0 Å². The second-order valence-corrected chi connectivity index (χ2v) is 4.95. The Morgan fingerprint density at radius 1 is 1.64 bits per heavy atom. The van der Waals surface area contributed by atoms with Gasteiger partial charge in [0.2, 0.25) is 0 Å². The van der Waals surface area contributed by atoms with Crippen LogP contribution < -0.4 is 0 Å². The van der Waals surface area contributed by atoms with E-state index in [9.17, 15) is 8.42 Å². The molecular weight excluding hydrogens is 184 g/mol. The van der Waals surface area contributed by atoms with Crippen molar-refractivity contribution in [3.63, 3.8) is 0 Å². The first kappa shape index (κ1) is 11.0. The van der Waals surface area contributed by atoms with Crippen molar-refractivity contribution < 1.29 is 13.0 Å². The molecule has 0 aliphatic heterocycles. The Balaban J connectivity index is 3.89. The van der Waals surface area contributed by atoms with Crippen LogP contribution in [0.4, 0.5) is 0 Å². The molecule has 5 heteroatoms. The lowest BCUT2D eigenvalue weighted by atomic mass is 10.1. The largest absolute Gasteiger partial charge is 0.286 e. The van der Waals surface area contributed by atoms with E-state index in [-0.39, 0.29) is 11.7 Å². The van der Waals surface area contributed by atoms with Crippen molar-refractivity contribution in [2.75, 3.05) is 5.75 Å². The Hall–Kier alpha value is -0.0000000000000000763. The van der Waals surface area contributed by atoms with Crippen molar-refractivity contribution in [1.82, 2.24) is 0 Å². The van der Waals surface area contributed by atoms with Gasteiger partial charge in [0.15, 0.2) is 0 Å². The van der Waals surface area contributed by atoms with Gasteiger partial charge in [0.25, 0.3) is 10.1 Å². The van der Waals surface area contributed by atoms with Crippen LogP contribution in [0.3, 0.4) is 0 Å². The average Bonchev–Trinajstić information content (AvgIpc) is 1.53. The summed E-state index contributed by atoms with van der Waals surface area (Å²) in [6, 6.07) is 0.